The van der Waals surface area contributed by atoms with E-state index < -0.39 is 5.60 Å². The first-order valence-corrected chi connectivity index (χ1v) is 12.3. The molecule has 3 saturated carbocycles. The van der Waals surface area contributed by atoms with Crippen molar-refractivity contribution >= 4 is 0 Å². The fourth-order valence-corrected chi connectivity index (χ4v) is 8.57. The summed E-state index contributed by atoms with van der Waals surface area (Å²) in [6.07, 6.45) is 16.4. The maximum Gasteiger partial charge on any atom is 0.0653 e. The van der Waals surface area contributed by atoms with E-state index in [2.05, 4.69) is 33.8 Å². The van der Waals surface area contributed by atoms with Crippen LogP contribution in [0.5, 0.6) is 0 Å². The van der Waals surface area contributed by atoms with Crippen molar-refractivity contribution in [2.75, 3.05) is 0 Å². The van der Waals surface area contributed by atoms with Gasteiger partial charge in [-0.2, -0.15) is 0 Å². The average Bonchev–Trinajstić information content (AvgIpc) is 3.00. The Morgan fingerprint density at radius 2 is 1.86 bits per heavy atom. The third-order valence-electron chi connectivity index (χ3n) is 10.1. The molecule has 160 valence electrons. The third kappa shape index (κ3) is 3.22. The second-order valence-corrected chi connectivity index (χ2v) is 11.6. The molecule has 4 rings (SSSR count). The Morgan fingerprint density at radius 1 is 1.07 bits per heavy atom. The highest BCUT2D eigenvalue weighted by Gasteiger charge is 2.61. The second kappa shape index (κ2) is 7.41. The van der Waals surface area contributed by atoms with Crippen LogP contribution < -0.4 is 0 Å². The van der Waals surface area contributed by atoms with Crippen molar-refractivity contribution in [1.29, 1.82) is 0 Å². The SMILES string of the molecule is CCCCC[C@@](C)(O)[C@H]1CC[C@H]2[C@@H]3CC=C4C[C@@H](O)CC[C@]4(C)[C@H]3CC[C@@]21C. The highest BCUT2D eigenvalue weighted by atomic mass is 16.3. The lowest BCUT2D eigenvalue weighted by Gasteiger charge is -2.59. The van der Waals surface area contributed by atoms with Gasteiger partial charge < -0.3 is 10.2 Å². The fourth-order valence-electron chi connectivity index (χ4n) is 8.57. The largest absolute Gasteiger partial charge is 0.393 e. The zero-order valence-corrected chi connectivity index (χ0v) is 18.8. The first-order chi connectivity index (χ1) is 13.2. The lowest BCUT2D eigenvalue weighted by molar-refractivity contribution is -0.105. The molecule has 0 aliphatic heterocycles. The number of unbranched alkanes of at least 4 members (excludes halogenated alkanes) is 2. The molecule has 0 aromatic heterocycles. The van der Waals surface area contributed by atoms with Gasteiger partial charge in [0.1, 0.15) is 0 Å². The Kier molecular flexibility index (Phi) is 5.54. The van der Waals surface area contributed by atoms with Gasteiger partial charge >= 0.3 is 0 Å². The third-order valence-corrected chi connectivity index (χ3v) is 10.1. The van der Waals surface area contributed by atoms with Crippen LogP contribution in [-0.2, 0) is 0 Å². The standard InChI is InChI=1S/C26H44O2/c1-5-6-7-14-26(4,28)23-11-10-21-20-9-8-18-17-19(27)12-15-24(18,2)22(20)13-16-25(21,23)3/h8,19-23,27-28H,5-7,9-17H2,1-4H3/t19-,20-,21-,22-,23-,24-,25-,26+/m0/s1. The molecule has 8 atom stereocenters. The van der Waals surface area contributed by atoms with Crippen LogP contribution in [0.4, 0.5) is 0 Å². The van der Waals surface area contributed by atoms with Crippen molar-refractivity contribution < 1.29 is 10.2 Å². The first-order valence-electron chi connectivity index (χ1n) is 12.3. The molecule has 0 aromatic rings. The quantitative estimate of drug-likeness (QED) is 0.431. The number of hydrogen-bond acceptors (Lipinski definition) is 2. The normalized spacial score (nSPS) is 47.5. The summed E-state index contributed by atoms with van der Waals surface area (Å²) in [5.74, 6) is 2.82. The van der Waals surface area contributed by atoms with Crippen LogP contribution in [-0.4, -0.2) is 21.9 Å². The van der Waals surface area contributed by atoms with E-state index in [9.17, 15) is 10.2 Å². The Balaban J connectivity index is 1.55. The minimum atomic E-state index is -0.500. The molecular formula is C26H44O2. The summed E-state index contributed by atoms with van der Waals surface area (Å²) in [5.41, 5.74) is 1.70. The summed E-state index contributed by atoms with van der Waals surface area (Å²) in [6, 6.07) is 0. The molecule has 28 heavy (non-hydrogen) atoms. The molecule has 0 aromatic carbocycles. The molecule has 0 radical (unpaired) electrons. The van der Waals surface area contributed by atoms with Crippen LogP contribution in [0.3, 0.4) is 0 Å². The van der Waals surface area contributed by atoms with Gasteiger partial charge in [0.25, 0.3) is 0 Å². The van der Waals surface area contributed by atoms with E-state index in [4.69, 9.17) is 0 Å². The van der Waals surface area contributed by atoms with E-state index in [0.717, 1.165) is 37.0 Å². The summed E-state index contributed by atoms with van der Waals surface area (Å²) < 4.78 is 0. The van der Waals surface area contributed by atoms with Crippen LogP contribution in [0.25, 0.3) is 0 Å². The van der Waals surface area contributed by atoms with E-state index in [1.54, 1.807) is 5.57 Å². The van der Waals surface area contributed by atoms with E-state index in [-0.39, 0.29) is 6.10 Å². The fraction of sp³-hybridized carbons (Fsp3) is 0.923. The van der Waals surface area contributed by atoms with Gasteiger partial charge in [-0.25, -0.2) is 0 Å². The predicted molar refractivity (Wildman–Crippen MR) is 116 cm³/mol. The molecule has 0 heterocycles. The monoisotopic (exact) mass is 388 g/mol. The molecule has 0 spiro atoms. The number of aliphatic hydroxyl groups excluding tert-OH is 1. The number of rotatable bonds is 5. The molecule has 0 bridgehead atoms. The van der Waals surface area contributed by atoms with Crippen LogP contribution in [0, 0.1) is 34.5 Å². The Hall–Kier alpha value is -0.340. The first kappa shape index (κ1) is 20.9. The minimum Gasteiger partial charge on any atom is -0.393 e. The topological polar surface area (TPSA) is 40.5 Å². The maximum atomic E-state index is 11.5. The van der Waals surface area contributed by atoms with E-state index in [1.165, 1.54) is 57.8 Å². The van der Waals surface area contributed by atoms with Crippen molar-refractivity contribution in [3.8, 4) is 0 Å². The minimum absolute atomic E-state index is 0.112. The second-order valence-electron chi connectivity index (χ2n) is 11.6. The molecule has 2 nitrogen and oxygen atoms in total. The maximum absolute atomic E-state index is 11.5. The molecule has 4 aliphatic rings. The summed E-state index contributed by atoms with van der Waals surface area (Å²) in [5, 5.41) is 21.7. The van der Waals surface area contributed by atoms with Crippen LogP contribution >= 0.6 is 0 Å². The van der Waals surface area contributed by atoms with Gasteiger partial charge in [-0.05, 0) is 99.2 Å². The molecular weight excluding hydrogens is 344 g/mol. The van der Waals surface area contributed by atoms with Gasteiger partial charge in [-0.1, -0.05) is 51.7 Å². The van der Waals surface area contributed by atoms with Gasteiger partial charge in [-0.3, -0.25) is 0 Å². The molecule has 0 amide bonds. The number of aliphatic hydroxyl groups is 2. The molecule has 4 aliphatic carbocycles. The van der Waals surface area contributed by atoms with Gasteiger partial charge in [0.15, 0.2) is 0 Å². The number of hydrogen-bond donors (Lipinski definition) is 2. The van der Waals surface area contributed by atoms with Gasteiger partial charge in [0.05, 0.1) is 11.7 Å². The van der Waals surface area contributed by atoms with E-state index in [0.29, 0.717) is 16.7 Å². The summed E-state index contributed by atoms with van der Waals surface area (Å²) in [7, 11) is 0. The zero-order chi connectivity index (χ0) is 20.2. The van der Waals surface area contributed by atoms with Crippen LogP contribution in [0.2, 0.25) is 0 Å². The average molecular weight is 389 g/mol. The lowest BCUT2D eigenvalue weighted by Crippen LogP contribution is -2.53. The van der Waals surface area contributed by atoms with Crippen molar-refractivity contribution in [2.45, 2.75) is 116 Å². The predicted octanol–water partition coefficient (Wildman–Crippen LogP) is 6.26. The van der Waals surface area contributed by atoms with E-state index >= 15 is 0 Å². The summed E-state index contributed by atoms with van der Waals surface area (Å²) in [6.45, 7) is 9.44. The van der Waals surface area contributed by atoms with Crippen LogP contribution in [0.1, 0.15) is 105 Å². The Labute approximate surface area is 173 Å². The Bertz CT molecular complexity index is 608. The van der Waals surface area contributed by atoms with E-state index in [1.807, 2.05) is 0 Å². The smallest absolute Gasteiger partial charge is 0.0653 e. The highest BCUT2D eigenvalue weighted by Crippen LogP contribution is 2.67. The zero-order valence-electron chi connectivity index (χ0n) is 18.8. The molecule has 3 fully saturated rings. The van der Waals surface area contributed by atoms with Crippen molar-refractivity contribution in [3.63, 3.8) is 0 Å². The summed E-state index contributed by atoms with van der Waals surface area (Å²) in [4.78, 5) is 0. The molecule has 2 N–H and O–H groups in total. The Morgan fingerprint density at radius 3 is 2.61 bits per heavy atom. The number of allylic oxidation sites excluding steroid dienone is 1. The van der Waals surface area contributed by atoms with Crippen molar-refractivity contribution in [1.82, 2.24) is 0 Å². The molecule has 2 heteroatoms. The van der Waals surface area contributed by atoms with Crippen molar-refractivity contribution in [2.24, 2.45) is 34.5 Å². The van der Waals surface area contributed by atoms with Gasteiger partial charge in [0.2, 0.25) is 0 Å². The highest BCUT2D eigenvalue weighted by molar-refractivity contribution is 5.25. The van der Waals surface area contributed by atoms with Crippen LogP contribution in [0.15, 0.2) is 11.6 Å². The molecule has 0 saturated heterocycles. The van der Waals surface area contributed by atoms with Gasteiger partial charge in [0, 0.05) is 0 Å². The summed E-state index contributed by atoms with van der Waals surface area (Å²) >= 11 is 0. The number of fused-ring (bicyclic) bond motifs is 5. The lowest BCUT2D eigenvalue weighted by atomic mass is 9.46. The van der Waals surface area contributed by atoms with Crippen molar-refractivity contribution in [3.05, 3.63) is 11.6 Å². The molecule has 0 unspecified atom stereocenters. The van der Waals surface area contributed by atoms with Gasteiger partial charge in [-0.15, -0.1) is 0 Å².